The minimum Gasteiger partial charge on any atom is -0.372 e. The first-order valence-electron chi connectivity index (χ1n) is 3.79. The average molecular weight is 168 g/mol. The number of nitrogens with two attached hydrogens (primary N) is 1. The van der Waals surface area contributed by atoms with E-state index in [1.54, 1.807) is 0 Å². The van der Waals surface area contributed by atoms with Crippen molar-refractivity contribution in [2.75, 3.05) is 0 Å². The average Bonchev–Trinajstić information content (AvgIpc) is 2.20. The van der Waals surface area contributed by atoms with Gasteiger partial charge in [-0.15, -0.1) is 0 Å². The van der Waals surface area contributed by atoms with Crippen LogP contribution in [0.15, 0.2) is 6.20 Å². The SMILES string of the molecule is Cc1cn(C)c(C)c1C.NC=O. The maximum Gasteiger partial charge on any atom is 0.204 e. The Hall–Kier alpha value is -1.25. The van der Waals surface area contributed by atoms with Crippen LogP contribution in [0.5, 0.6) is 0 Å². The third-order valence-corrected chi connectivity index (χ3v) is 2.05. The van der Waals surface area contributed by atoms with E-state index in [4.69, 9.17) is 4.79 Å². The highest BCUT2D eigenvalue weighted by atomic mass is 16.1. The third kappa shape index (κ3) is 2.42. The molecule has 2 N–H and O–H groups in total. The highest BCUT2D eigenvalue weighted by Crippen LogP contribution is 2.11. The molecule has 3 nitrogen and oxygen atoms in total. The van der Waals surface area contributed by atoms with Crippen LogP contribution in [0.4, 0.5) is 0 Å². The first kappa shape index (κ1) is 10.8. The highest BCUT2D eigenvalue weighted by molar-refractivity contribution is 5.42. The topological polar surface area (TPSA) is 48.0 Å². The maximum absolute atomic E-state index is 8.58. The van der Waals surface area contributed by atoms with Gasteiger partial charge in [0.25, 0.3) is 0 Å². The molecule has 0 aliphatic carbocycles. The van der Waals surface area contributed by atoms with E-state index in [0.717, 1.165) is 0 Å². The fourth-order valence-corrected chi connectivity index (χ4v) is 1.03. The number of hydrogen-bond donors (Lipinski definition) is 1. The molecular formula is C9H16N2O. The molecule has 0 saturated heterocycles. The van der Waals surface area contributed by atoms with Gasteiger partial charge in [0.2, 0.25) is 6.41 Å². The standard InChI is InChI=1S/C8H13N.CH3NO/c1-6-5-9(4)8(3)7(6)2;2-1-3/h5H,1-4H3;1H,(H2,2,3). The lowest BCUT2D eigenvalue weighted by molar-refractivity contribution is -0.106. The molecule has 0 fully saturated rings. The van der Waals surface area contributed by atoms with Crippen LogP contribution in [0.2, 0.25) is 0 Å². The van der Waals surface area contributed by atoms with Crippen molar-refractivity contribution in [3.63, 3.8) is 0 Å². The summed E-state index contributed by atoms with van der Waals surface area (Å²) in [6, 6.07) is 0. The molecule has 1 aromatic rings. The fourth-order valence-electron chi connectivity index (χ4n) is 1.03. The maximum atomic E-state index is 8.58. The third-order valence-electron chi connectivity index (χ3n) is 2.05. The molecule has 0 saturated carbocycles. The van der Waals surface area contributed by atoms with E-state index in [1.807, 2.05) is 0 Å². The van der Waals surface area contributed by atoms with E-state index in [9.17, 15) is 0 Å². The lowest BCUT2D eigenvalue weighted by atomic mass is 10.2. The number of amides is 1. The summed E-state index contributed by atoms with van der Waals surface area (Å²) in [5, 5.41) is 0. The Bertz CT molecular complexity index is 241. The van der Waals surface area contributed by atoms with Gasteiger partial charge in [-0.3, -0.25) is 4.79 Å². The van der Waals surface area contributed by atoms with E-state index in [0.29, 0.717) is 0 Å². The van der Waals surface area contributed by atoms with Gasteiger partial charge in [0.15, 0.2) is 0 Å². The van der Waals surface area contributed by atoms with Crippen LogP contribution in [0.3, 0.4) is 0 Å². The Kier molecular flexibility index (Phi) is 4.11. The molecule has 0 spiro atoms. The van der Waals surface area contributed by atoms with Crippen LogP contribution in [0.1, 0.15) is 16.8 Å². The van der Waals surface area contributed by atoms with Gasteiger partial charge < -0.3 is 10.3 Å². The number of primary amides is 1. The van der Waals surface area contributed by atoms with E-state index < -0.39 is 0 Å². The van der Waals surface area contributed by atoms with Crippen LogP contribution >= 0.6 is 0 Å². The predicted octanol–water partition coefficient (Wildman–Crippen LogP) is 1.05. The number of aromatic nitrogens is 1. The zero-order chi connectivity index (χ0) is 9.72. The molecular weight excluding hydrogens is 152 g/mol. The van der Waals surface area contributed by atoms with Crippen LogP contribution in [-0.4, -0.2) is 11.0 Å². The van der Waals surface area contributed by atoms with Crippen molar-refractivity contribution in [1.29, 1.82) is 0 Å². The van der Waals surface area contributed by atoms with Gasteiger partial charge in [-0.1, -0.05) is 0 Å². The van der Waals surface area contributed by atoms with Crippen LogP contribution in [-0.2, 0) is 11.8 Å². The lowest BCUT2D eigenvalue weighted by Gasteiger charge is -1.93. The Balaban J connectivity index is 0.000000354. The van der Waals surface area contributed by atoms with Crippen LogP contribution < -0.4 is 5.73 Å². The molecule has 1 amide bonds. The van der Waals surface area contributed by atoms with E-state index in [2.05, 4.69) is 44.3 Å². The summed E-state index contributed by atoms with van der Waals surface area (Å²) in [5.74, 6) is 0. The minimum absolute atomic E-state index is 0.250. The largest absolute Gasteiger partial charge is 0.372 e. The highest BCUT2D eigenvalue weighted by Gasteiger charge is 1.99. The monoisotopic (exact) mass is 168 g/mol. The Morgan fingerprint density at radius 2 is 1.83 bits per heavy atom. The molecule has 1 rings (SSSR count). The van der Waals surface area contributed by atoms with Gasteiger partial charge in [0.05, 0.1) is 0 Å². The normalized spacial score (nSPS) is 8.67. The van der Waals surface area contributed by atoms with Crippen molar-refractivity contribution in [3.8, 4) is 0 Å². The summed E-state index contributed by atoms with van der Waals surface area (Å²) >= 11 is 0. The Morgan fingerprint density at radius 1 is 1.42 bits per heavy atom. The quantitative estimate of drug-likeness (QED) is 0.578. The lowest BCUT2D eigenvalue weighted by Crippen LogP contribution is -1.87. The fraction of sp³-hybridized carbons (Fsp3) is 0.444. The van der Waals surface area contributed by atoms with Crippen LogP contribution in [0.25, 0.3) is 0 Å². The molecule has 68 valence electrons. The molecule has 3 heteroatoms. The molecule has 0 aromatic carbocycles. The van der Waals surface area contributed by atoms with E-state index >= 15 is 0 Å². The van der Waals surface area contributed by atoms with Gasteiger partial charge in [-0.25, -0.2) is 0 Å². The molecule has 1 aromatic heterocycles. The number of carbonyl (C=O) groups is 1. The number of nitrogens with zero attached hydrogens (tertiary/aromatic N) is 1. The van der Waals surface area contributed by atoms with Gasteiger partial charge in [-0.05, 0) is 31.9 Å². The Labute approximate surface area is 73.2 Å². The number of hydrogen-bond acceptors (Lipinski definition) is 1. The molecule has 0 unspecified atom stereocenters. The van der Waals surface area contributed by atoms with Crippen molar-refractivity contribution < 1.29 is 4.79 Å². The summed E-state index contributed by atoms with van der Waals surface area (Å²) in [5.41, 5.74) is 8.33. The predicted molar refractivity (Wildman–Crippen MR) is 49.9 cm³/mol. The van der Waals surface area contributed by atoms with Crippen molar-refractivity contribution >= 4 is 6.41 Å². The number of rotatable bonds is 0. The zero-order valence-corrected chi connectivity index (χ0v) is 8.09. The van der Waals surface area contributed by atoms with Crippen molar-refractivity contribution in [1.82, 2.24) is 4.57 Å². The van der Waals surface area contributed by atoms with E-state index in [1.165, 1.54) is 16.8 Å². The summed E-state index contributed by atoms with van der Waals surface area (Å²) < 4.78 is 2.16. The summed E-state index contributed by atoms with van der Waals surface area (Å²) in [4.78, 5) is 8.58. The summed E-state index contributed by atoms with van der Waals surface area (Å²) in [7, 11) is 2.08. The zero-order valence-electron chi connectivity index (χ0n) is 8.09. The van der Waals surface area contributed by atoms with Crippen LogP contribution in [0, 0.1) is 20.8 Å². The van der Waals surface area contributed by atoms with Crippen molar-refractivity contribution in [3.05, 3.63) is 23.0 Å². The summed E-state index contributed by atoms with van der Waals surface area (Å²) in [6.07, 6.45) is 2.41. The minimum atomic E-state index is 0.250. The van der Waals surface area contributed by atoms with Gasteiger partial charge in [0, 0.05) is 18.9 Å². The first-order valence-corrected chi connectivity index (χ1v) is 3.79. The second-order valence-electron chi connectivity index (χ2n) is 2.77. The number of aryl methyl sites for hydroxylation is 2. The Morgan fingerprint density at radius 3 is 1.92 bits per heavy atom. The summed E-state index contributed by atoms with van der Waals surface area (Å²) in [6.45, 7) is 6.44. The molecule has 0 bridgehead atoms. The molecule has 1 heterocycles. The smallest absolute Gasteiger partial charge is 0.204 e. The van der Waals surface area contributed by atoms with Gasteiger partial charge in [0.1, 0.15) is 0 Å². The molecule has 0 aliphatic rings. The second-order valence-corrected chi connectivity index (χ2v) is 2.77. The van der Waals surface area contributed by atoms with Crippen molar-refractivity contribution in [2.24, 2.45) is 12.8 Å². The van der Waals surface area contributed by atoms with Gasteiger partial charge in [-0.2, -0.15) is 0 Å². The first-order chi connectivity index (χ1) is 5.54. The molecule has 12 heavy (non-hydrogen) atoms. The van der Waals surface area contributed by atoms with Gasteiger partial charge >= 0.3 is 0 Å². The second kappa shape index (κ2) is 4.59. The number of carbonyl (C=O) groups excluding carboxylic acids is 1. The molecule has 0 atom stereocenters. The molecule has 0 aliphatic heterocycles. The molecule has 0 radical (unpaired) electrons. The van der Waals surface area contributed by atoms with E-state index in [-0.39, 0.29) is 6.41 Å². The van der Waals surface area contributed by atoms with Crippen molar-refractivity contribution in [2.45, 2.75) is 20.8 Å².